The Morgan fingerprint density at radius 1 is 0.968 bits per heavy atom. The van der Waals surface area contributed by atoms with Crippen molar-refractivity contribution >= 4 is 34.6 Å². The van der Waals surface area contributed by atoms with E-state index in [4.69, 9.17) is 13.8 Å². The number of ether oxygens (including phenoxy) is 1. The first-order chi connectivity index (χ1) is 13.8. The molecule has 6 nitrogen and oxygen atoms in total. The van der Waals surface area contributed by atoms with Crippen molar-refractivity contribution in [3.8, 4) is 0 Å². The predicted molar refractivity (Wildman–Crippen MR) is 142 cm³/mol. The standard InChI is InChI=1S/C20H42INO5P2.C2H6/c1-15(2)26-28(21,23)20(9,10)19(7,8)25-14-16(3)27-29(24,18(4,5)6)22-17-12-11-13-17;1-2/h15-17H,11-14H2,1-10H3,(H,22,24);1-2H3. The molecule has 0 aromatic rings. The summed E-state index contributed by atoms with van der Waals surface area (Å²) in [5.74, 6) is 0. The Morgan fingerprint density at radius 2 is 1.45 bits per heavy atom. The second-order valence-corrected chi connectivity index (χ2v) is 19.4. The van der Waals surface area contributed by atoms with Crippen LogP contribution in [0.3, 0.4) is 0 Å². The lowest BCUT2D eigenvalue weighted by atomic mass is 9.93. The van der Waals surface area contributed by atoms with Gasteiger partial charge in [-0.25, -0.2) is 5.09 Å². The van der Waals surface area contributed by atoms with Crippen molar-refractivity contribution in [1.29, 1.82) is 0 Å². The highest BCUT2D eigenvalue weighted by Crippen LogP contribution is 2.70. The lowest BCUT2D eigenvalue weighted by Crippen LogP contribution is -2.48. The third-order valence-corrected chi connectivity index (χ3v) is 15.8. The summed E-state index contributed by atoms with van der Waals surface area (Å²) in [4.78, 5) is 0. The number of rotatable bonds is 11. The molecule has 0 amide bonds. The maximum absolute atomic E-state index is 13.6. The van der Waals surface area contributed by atoms with Gasteiger partial charge in [0, 0.05) is 28.1 Å². The average Bonchev–Trinajstić information content (AvgIpc) is 2.56. The van der Waals surface area contributed by atoms with E-state index in [2.05, 4.69) is 5.09 Å². The van der Waals surface area contributed by atoms with E-state index in [-0.39, 0.29) is 24.9 Å². The molecule has 0 radical (unpaired) electrons. The molecular weight excluding hydrogens is 547 g/mol. The van der Waals surface area contributed by atoms with Gasteiger partial charge < -0.3 is 13.8 Å². The van der Waals surface area contributed by atoms with Gasteiger partial charge in [0.25, 0.3) is 12.5 Å². The van der Waals surface area contributed by atoms with Crippen molar-refractivity contribution in [2.24, 2.45) is 0 Å². The molecule has 31 heavy (non-hydrogen) atoms. The van der Waals surface area contributed by atoms with Gasteiger partial charge in [0.1, 0.15) is 0 Å². The molecule has 1 aliphatic rings. The summed E-state index contributed by atoms with van der Waals surface area (Å²) in [5.41, 5.74) is -0.733. The molecular formula is C22H48INO5P2. The summed E-state index contributed by atoms with van der Waals surface area (Å²) in [5, 5.41) is -0.918. The molecule has 188 valence electrons. The number of hydrogen-bond acceptors (Lipinski definition) is 5. The summed E-state index contributed by atoms with van der Waals surface area (Å²) in [6.45, 7) is 23.4. The monoisotopic (exact) mass is 595 g/mol. The van der Waals surface area contributed by atoms with Crippen LogP contribution in [-0.4, -0.2) is 40.8 Å². The van der Waals surface area contributed by atoms with Crippen LogP contribution >= 0.6 is 34.6 Å². The van der Waals surface area contributed by atoms with Crippen molar-refractivity contribution < 1.29 is 22.9 Å². The quantitative estimate of drug-likeness (QED) is 0.192. The molecule has 3 unspecified atom stereocenters. The zero-order valence-electron chi connectivity index (χ0n) is 21.9. The molecule has 1 aliphatic carbocycles. The van der Waals surface area contributed by atoms with Gasteiger partial charge in [-0.2, -0.15) is 0 Å². The van der Waals surface area contributed by atoms with E-state index < -0.39 is 28.4 Å². The number of hydrogen-bond donors (Lipinski definition) is 1. The van der Waals surface area contributed by atoms with Crippen molar-refractivity contribution in [2.75, 3.05) is 6.61 Å². The fourth-order valence-corrected chi connectivity index (χ4v) is 9.36. The highest BCUT2D eigenvalue weighted by atomic mass is 127. The molecule has 1 saturated carbocycles. The first-order valence-electron chi connectivity index (χ1n) is 11.5. The van der Waals surface area contributed by atoms with Crippen LogP contribution in [0.4, 0.5) is 0 Å². The third kappa shape index (κ3) is 8.64. The lowest BCUT2D eigenvalue weighted by Gasteiger charge is -2.44. The summed E-state index contributed by atoms with van der Waals surface area (Å²) in [6.07, 6.45) is 2.73. The molecule has 0 saturated heterocycles. The van der Waals surface area contributed by atoms with Crippen molar-refractivity contribution in [2.45, 2.75) is 137 Å². The van der Waals surface area contributed by atoms with E-state index >= 15 is 0 Å². The molecule has 9 heteroatoms. The van der Waals surface area contributed by atoms with Gasteiger partial charge in [0.15, 0.2) is 0 Å². The first-order valence-corrected chi connectivity index (χ1v) is 17.6. The maximum atomic E-state index is 13.6. The summed E-state index contributed by atoms with van der Waals surface area (Å²) in [7, 11) is -3.07. The van der Waals surface area contributed by atoms with Crippen LogP contribution < -0.4 is 5.09 Å². The van der Waals surface area contributed by atoms with Gasteiger partial charge in [-0.15, -0.1) is 0 Å². The third-order valence-electron chi connectivity index (χ3n) is 5.84. The fourth-order valence-electron chi connectivity index (χ4n) is 2.67. The molecule has 3 atom stereocenters. The smallest absolute Gasteiger partial charge is 0.275 e. The van der Waals surface area contributed by atoms with Crippen molar-refractivity contribution in [3.05, 3.63) is 0 Å². The van der Waals surface area contributed by atoms with Gasteiger partial charge >= 0.3 is 0 Å². The highest BCUT2D eigenvalue weighted by Gasteiger charge is 2.52. The average molecular weight is 595 g/mol. The van der Waals surface area contributed by atoms with E-state index in [0.717, 1.165) is 12.8 Å². The van der Waals surface area contributed by atoms with Gasteiger partial charge in [0.05, 0.1) is 34.7 Å². The molecule has 1 rings (SSSR count). The zero-order valence-corrected chi connectivity index (χ0v) is 25.8. The van der Waals surface area contributed by atoms with E-state index in [1.54, 1.807) is 0 Å². The Hall–Kier alpha value is 1.03. The second-order valence-electron chi connectivity index (χ2n) is 10.4. The SMILES string of the molecule is CC.CC(C)OP(=O)(I)C(C)(C)C(C)(C)OCC(C)OP(=O)(NC1CCC1)C(C)(C)C. The Bertz CT molecular complexity index is 642. The van der Waals surface area contributed by atoms with Crippen LogP contribution in [0.2, 0.25) is 0 Å². The van der Waals surface area contributed by atoms with E-state index in [9.17, 15) is 9.13 Å². The Kier molecular flexibility index (Phi) is 12.5. The highest BCUT2D eigenvalue weighted by molar-refractivity contribution is 14.2. The Labute approximate surface area is 205 Å². The van der Waals surface area contributed by atoms with Crippen LogP contribution in [0.25, 0.3) is 0 Å². The fraction of sp³-hybridized carbons (Fsp3) is 1.00. The van der Waals surface area contributed by atoms with Crippen molar-refractivity contribution in [3.63, 3.8) is 0 Å². The topological polar surface area (TPSA) is 73.9 Å². The van der Waals surface area contributed by atoms with E-state index in [1.165, 1.54) is 6.42 Å². The van der Waals surface area contributed by atoms with Crippen LogP contribution in [0.1, 0.15) is 102 Å². The second kappa shape index (κ2) is 12.1. The van der Waals surface area contributed by atoms with Crippen molar-refractivity contribution in [1.82, 2.24) is 5.09 Å². The number of halogens is 1. The minimum Gasteiger partial charge on any atom is -0.372 e. The number of nitrogens with one attached hydrogen (secondary N) is 1. The maximum Gasteiger partial charge on any atom is 0.275 e. The predicted octanol–water partition coefficient (Wildman–Crippen LogP) is 8.18. The van der Waals surface area contributed by atoms with Crippen LogP contribution in [-0.2, 0) is 22.9 Å². The van der Waals surface area contributed by atoms with Crippen LogP contribution in [0, 0.1) is 0 Å². The summed E-state index contributed by atoms with van der Waals surface area (Å²) >= 11 is 1.94. The van der Waals surface area contributed by atoms with E-state index in [0.29, 0.717) is 0 Å². The largest absolute Gasteiger partial charge is 0.372 e. The van der Waals surface area contributed by atoms with Crippen LogP contribution in [0.5, 0.6) is 0 Å². The van der Waals surface area contributed by atoms with Gasteiger partial charge in [-0.1, -0.05) is 20.3 Å². The van der Waals surface area contributed by atoms with Crippen LogP contribution in [0.15, 0.2) is 0 Å². The van der Waals surface area contributed by atoms with E-state index in [1.807, 2.05) is 105 Å². The Morgan fingerprint density at radius 3 is 1.81 bits per heavy atom. The minimum absolute atomic E-state index is 0.134. The molecule has 0 heterocycles. The Balaban J connectivity index is 0.00000436. The lowest BCUT2D eigenvalue weighted by molar-refractivity contribution is -0.0698. The molecule has 1 N–H and O–H groups in total. The zero-order chi connectivity index (χ0) is 24.9. The molecule has 0 aliphatic heterocycles. The molecule has 0 aromatic heterocycles. The van der Waals surface area contributed by atoms with Gasteiger partial charge in [-0.3, -0.25) is 9.13 Å². The molecule has 0 aromatic carbocycles. The molecule has 0 spiro atoms. The molecule has 1 fully saturated rings. The van der Waals surface area contributed by atoms with Gasteiger partial charge in [-0.05, 0) is 82.1 Å². The first kappa shape index (κ1) is 32.0. The summed E-state index contributed by atoms with van der Waals surface area (Å²) in [6, 6.07) is 0.265. The summed E-state index contributed by atoms with van der Waals surface area (Å²) < 4.78 is 44.9. The molecule has 0 bridgehead atoms. The normalized spacial score (nSPS) is 20.8. The van der Waals surface area contributed by atoms with Gasteiger partial charge in [0.2, 0.25) is 0 Å². The minimum atomic E-state index is -3.07.